The Kier molecular flexibility index (Phi) is 5.02. The number of carbonyl (C=O) groups is 1. The lowest BCUT2D eigenvalue weighted by atomic mass is 10.2. The van der Waals surface area contributed by atoms with Gasteiger partial charge in [0.25, 0.3) is 11.8 Å². The van der Waals surface area contributed by atoms with E-state index in [1.54, 1.807) is 19.1 Å². The molecular weight excluding hydrogens is 442 g/mol. The molecule has 136 valence electrons. The summed E-state index contributed by atoms with van der Waals surface area (Å²) in [6.45, 7) is 3.67. The van der Waals surface area contributed by atoms with Gasteiger partial charge < -0.3 is 4.52 Å². The lowest BCUT2D eigenvalue weighted by Gasteiger charge is -2.19. The second kappa shape index (κ2) is 6.95. The third-order valence-corrected chi connectivity index (χ3v) is 6.97. The Morgan fingerprint density at radius 2 is 1.85 bits per heavy atom. The number of carbonyl (C=O) groups excluding carboxylic acids is 1. The summed E-state index contributed by atoms with van der Waals surface area (Å²) in [7, 11) is -3.88. The lowest BCUT2D eigenvalue weighted by Crippen LogP contribution is -2.25. The molecule has 0 atom stereocenters. The number of sulfonamides is 1. The molecule has 2 aromatic heterocycles. The van der Waals surface area contributed by atoms with Crippen molar-refractivity contribution in [3.05, 3.63) is 57.0 Å². The van der Waals surface area contributed by atoms with Crippen molar-refractivity contribution < 1.29 is 17.7 Å². The molecule has 0 aliphatic rings. The summed E-state index contributed by atoms with van der Waals surface area (Å²) in [5.41, 5.74) is 2.17. The Balaban J connectivity index is 2.11. The van der Waals surface area contributed by atoms with E-state index in [1.165, 1.54) is 17.0 Å². The quantitative estimate of drug-likeness (QED) is 0.644. The number of aromatic nitrogens is 1. The highest BCUT2D eigenvalue weighted by Crippen LogP contribution is 2.36. The molecule has 1 amide bonds. The molecule has 0 radical (unpaired) electrons. The Bertz CT molecular complexity index is 1070. The van der Waals surface area contributed by atoms with Gasteiger partial charge in [0.05, 0.1) is 16.3 Å². The summed E-state index contributed by atoms with van der Waals surface area (Å²) in [6, 6.07) is 9.98. The number of rotatable bonds is 4. The van der Waals surface area contributed by atoms with Crippen LogP contribution in [-0.4, -0.2) is 19.5 Å². The number of hydrogen-bond acceptors (Lipinski definition) is 6. The third-order valence-electron chi connectivity index (χ3n) is 3.55. The number of aryl methyl sites for hydroxylation is 2. The van der Waals surface area contributed by atoms with E-state index in [-0.39, 0.29) is 15.0 Å². The van der Waals surface area contributed by atoms with Crippen molar-refractivity contribution in [3.8, 4) is 0 Å². The molecule has 2 heterocycles. The van der Waals surface area contributed by atoms with Gasteiger partial charge in [0.15, 0.2) is 0 Å². The summed E-state index contributed by atoms with van der Waals surface area (Å²) in [4.78, 5) is 14.7. The molecule has 0 unspecified atom stereocenters. The van der Waals surface area contributed by atoms with Gasteiger partial charge in [-0.3, -0.25) is 4.79 Å². The van der Waals surface area contributed by atoms with Crippen LogP contribution >= 0.6 is 27.3 Å². The molecular formula is C16H14BrN3O4S2. The predicted molar refractivity (Wildman–Crippen MR) is 102 cm³/mol. The topological polar surface area (TPSA) is 106 Å². The zero-order valence-corrected chi connectivity index (χ0v) is 17.0. The maximum absolute atomic E-state index is 13.1. The van der Waals surface area contributed by atoms with Crippen molar-refractivity contribution in [1.29, 1.82) is 0 Å². The summed E-state index contributed by atoms with van der Waals surface area (Å²) in [6.07, 6.45) is 0. The van der Waals surface area contributed by atoms with Crippen LogP contribution in [-0.2, 0) is 10.0 Å². The van der Waals surface area contributed by atoms with E-state index in [1.807, 2.05) is 19.1 Å². The average molecular weight is 456 g/mol. The summed E-state index contributed by atoms with van der Waals surface area (Å²) in [5, 5.41) is 9.01. The lowest BCUT2D eigenvalue weighted by molar-refractivity contribution is 0.0998. The molecule has 26 heavy (non-hydrogen) atoms. The fraction of sp³-hybridized carbons (Fsp3) is 0.125. The average Bonchev–Trinajstić information content (AvgIpc) is 3.19. The second-order valence-electron chi connectivity index (χ2n) is 5.53. The fourth-order valence-electron chi connectivity index (χ4n) is 2.20. The van der Waals surface area contributed by atoms with Crippen molar-refractivity contribution in [2.45, 2.75) is 18.1 Å². The molecule has 0 aliphatic heterocycles. The number of benzene rings is 1. The zero-order chi connectivity index (χ0) is 19.1. The van der Waals surface area contributed by atoms with Gasteiger partial charge in [-0.1, -0.05) is 22.9 Å². The molecule has 0 saturated carbocycles. The number of hydrogen-bond donors (Lipinski definition) is 1. The first-order chi connectivity index (χ1) is 12.2. The molecule has 7 nitrogen and oxygen atoms in total. The Labute approximate surface area is 162 Å². The van der Waals surface area contributed by atoms with E-state index in [4.69, 9.17) is 9.66 Å². The highest BCUT2D eigenvalue weighted by Gasteiger charge is 2.28. The van der Waals surface area contributed by atoms with Gasteiger partial charge in [-0.25, -0.2) is 18.5 Å². The molecule has 1 aromatic carbocycles. The number of nitrogens with zero attached hydrogens (tertiary/aromatic N) is 2. The molecule has 3 aromatic rings. The normalized spacial score (nSPS) is 11.5. The van der Waals surface area contributed by atoms with E-state index in [0.717, 1.165) is 16.9 Å². The molecule has 0 saturated heterocycles. The van der Waals surface area contributed by atoms with E-state index in [2.05, 4.69) is 21.1 Å². The van der Waals surface area contributed by atoms with Crippen molar-refractivity contribution in [3.63, 3.8) is 0 Å². The van der Waals surface area contributed by atoms with Crippen LogP contribution in [0.2, 0.25) is 0 Å². The van der Waals surface area contributed by atoms with Crippen LogP contribution in [0.4, 0.5) is 11.6 Å². The SMILES string of the molecule is Cc1ccc(N(C(=O)c2ccc(S(N)(=O)=O)s2)c2onc(C)c2Br)cc1. The second-order valence-corrected chi connectivity index (χ2v) is 9.19. The molecule has 0 bridgehead atoms. The van der Waals surface area contributed by atoms with Crippen LogP contribution in [0.3, 0.4) is 0 Å². The van der Waals surface area contributed by atoms with Crippen LogP contribution in [0.1, 0.15) is 20.9 Å². The van der Waals surface area contributed by atoms with Gasteiger partial charge in [0, 0.05) is 0 Å². The van der Waals surface area contributed by atoms with Crippen LogP contribution in [0.5, 0.6) is 0 Å². The maximum atomic E-state index is 13.1. The van der Waals surface area contributed by atoms with Crippen molar-refractivity contribution in [2.75, 3.05) is 4.90 Å². The van der Waals surface area contributed by atoms with Gasteiger partial charge in [-0.15, -0.1) is 11.3 Å². The molecule has 2 N–H and O–H groups in total. The van der Waals surface area contributed by atoms with Gasteiger partial charge in [-0.2, -0.15) is 0 Å². The molecule has 0 spiro atoms. The largest absolute Gasteiger partial charge is 0.336 e. The zero-order valence-electron chi connectivity index (χ0n) is 13.8. The van der Waals surface area contributed by atoms with Gasteiger partial charge in [-0.05, 0) is 54.0 Å². The van der Waals surface area contributed by atoms with E-state index < -0.39 is 15.9 Å². The van der Waals surface area contributed by atoms with Crippen LogP contribution in [0.15, 0.2) is 49.6 Å². The van der Waals surface area contributed by atoms with Crippen LogP contribution in [0, 0.1) is 13.8 Å². The Morgan fingerprint density at radius 3 is 2.35 bits per heavy atom. The maximum Gasteiger partial charge on any atom is 0.275 e. The van der Waals surface area contributed by atoms with Crippen LogP contribution < -0.4 is 10.0 Å². The number of anilines is 2. The first kappa shape index (κ1) is 18.8. The van der Waals surface area contributed by atoms with Crippen LogP contribution in [0.25, 0.3) is 0 Å². The first-order valence-corrected chi connectivity index (χ1v) is 10.5. The minimum atomic E-state index is -3.88. The number of halogens is 1. The Hall–Kier alpha value is -2.01. The number of amides is 1. The smallest absolute Gasteiger partial charge is 0.275 e. The monoisotopic (exact) mass is 455 g/mol. The van der Waals surface area contributed by atoms with E-state index in [9.17, 15) is 13.2 Å². The summed E-state index contributed by atoms with van der Waals surface area (Å²) in [5.74, 6) is -0.243. The van der Waals surface area contributed by atoms with E-state index in [0.29, 0.717) is 15.9 Å². The van der Waals surface area contributed by atoms with Gasteiger partial charge in [0.1, 0.15) is 8.68 Å². The predicted octanol–water partition coefficient (Wildman–Crippen LogP) is 3.74. The number of nitrogens with two attached hydrogens (primary N) is 1. The molecule has 10 heteroatoms. The molecule has 0 aliphatic carbocycles. The van der Waals surface area contributed by atoms with Gasteiger partial charge in [0.2, 0.25) is 10.0 Å². The summed E-state index contributed by atoms with van der Waals surface area (Å²) < 4.78 is 28.8. The van der Waals surface area contributed by atoms with E-state index >= 15 is 0 Å². The number of primary sulfonamides is 1. The van der Waals surface area contributed by atoms with Crippen molar-refractivity contribution in [2.24, 2.45) is 5.14 Å². The standard InChI is InChI=1S/C16H14BrN3O4S2/c1-9-3-5-11(6-4-9)20(16-14(17)10(2)19-24-16)15(21)12-7-8-13(25-12)26(18,22)23/h3-8H,1-2H3,(H2,18,22,23). The third kappa shape index (κ3) is 3.58. The Morgan fingerprint density at radius 1 is 1.19 bits per heavy atom. The minimum Gasteiger partial charge on any atom is -0.336 e. The molecule has 3 rings (SSSR count). The van der Waals surface area contributed by atoms with Crippen molar-refractivity contribution in [1.82, 2.24) is 5.16 Å². The highest BCUT2D eigenvalue weighted by molar-refractivity contribution is 9.10. The highest BCUT2D eigenvalue weighted by atomic mass is 79.9. The molecule has 0 fully saturated rings. The van der Waals surface area contributed by atoms with Crippen molar-refractivity contribution >= 4 is 54.8 Å². The van der Waals surface area contributed by atoms with Gasteiger partial charge >= 0.3 is 0 Å². The first-order valence-electron chi connectivity index (χ1n) is 7.34. The number of thiophene rings is 1. The summed E-state index contributed by atoms with van der Waals surface area (Å²) >= 11 is 4.18. The minimum absolute atomic E-state index is 0.0856. The fourth-order valence-corrected chi connectivity index (χ4v) is 4.19.